The van der Waals surface area contributed by atoms with Crippen LogP contribution in [0.2, 0.25) is 0 Å². The molecule has 1 N–H and O–H groups in total. The van der Waals surface area contributed by atoms with E-state index in [1.807, 2.05) is 19.3 Å². The van der Waals surface area contributed by atoms with E-state index in [1.165, 1.54) is 5.56 Å². The molecule has 0 bridgehead atoms. The van der Waals surface area contributed by atoms with Crippen molar-refractivity contribution in [1.82, 2.24) is 15.3 Å². The minimum absolute atomic E-state index is 0.291. The average Bonchev–Trinajstić information content (AvgIpc) is 2.39. The molecule has 1 heterocycles. The lowest BCUT2D eigenvalue weighted by molar-refractivity contribution is 0.582. The standard InChI is InChI=1S/C13H14IN3/c1-15-12(10-5-3-2-4-6-10)7-13-11(14)8-16-9-17-13/h2-6,8-9,12,15H,7H2,1H3. The van der Waals surface area contributed by atoms with Crippen molar-refractivity contribution in [2.24, 2.45) is 0 Å². The first kappa shape index (κ1) is 12.4. The molecule has 2 aromatic rings. The predicted molar refractivity (Wildman–Crippen MR) is 76.7 cm³/mol. The lowest BCUT2D eigenvalue weighted by atomic mass is 10.0. The Morgan fingerprint density at radius 3 is 2.71 bits per heavy atom. The molecule has 3 nitrogen and oxygen atoms in total. The molecular weight excluding hydrogens is 325 g/mol. The van der Waals surface area contributed by atoms with Gasteiger partial charge < -0.3 is 5.32 Å². The smallest absolute Gasteiger partial charge is 0.115 e. The van der Waals surface area contributed by atoms with Crippen LogP contribution in [0.1, 0.15) is 17.3 Å². The Kier molecular flexibility index (Phi) is 4.44. The predicted octanol–water partition coefficient (Wildman–Crippen LogP) is 2.58. The molecule has 1 aromatic heterocycles. The van der Waals surface area contributed by atoms with Crippen LogP contribution in [0, 0.1) is 3.57 Å². The van der Waals surface area contributed by atoms with Crippen LogP contribution in [-0.4, -0.2) is 17.0 Å². The highest BCUT2D eigenvalue weighted by molar-refractivity contribution is 14.1. The van der Waals surface area contributed by atoms with E-state index < -0.39 is 0 Å². The van der Waals surface area contributed by atoms with E-state index in [1.54, 1.807) is 6.33 Å². The molecule has 0 saturated heterocycles. The number of halogens is 1. The minimum atomic E-state index is 0.291. The third-order valence-electron chi connectivity index (χ3n) is 2.69. The summed E-state index contributed by atoms with van der Waals surface area (Å²) in [5.74, 6) is 0. The number of likely N-dealkylation sites (N-methyl/N-ethyl adjacent to an activating group) is 1. The Balaban J connectivity index is 2.19. The SMILES string of the molecule is CNC(Cc1ncncc1I)c1ccccc1. The van der Waals surface area contributed by atoms with Gasteiger partial charge in [-0.3, -0.25) is 0 Å². The Bertz CT molecular complexity index is 473. The molecule has 1 unspecified atom stereocenters. The number of hydrogen-bond donors (Lipinski definition) is 1. The summed E-state index contributed by atoms with van der Waals surface area (Å²) in [4.78, 5) is 8.34. The molecule has 0 spiro atoms. The van der Waals surface area contributed by atoms with Gasteiger partial charge in [-0.1, -0.05) is 30.3 Å². The third-order valence-corrected chi connectivity index (χ3v) is 3.59. The Morgan fingerprint density at radius 1 is 1.29 bits per heavy atom. The summed E-state index contributed by atoms with van der Waals surface area (Å²) in [5.41, 5.74) is 2.37. The van der Waals surface area contributed by atoms with E-state index in [4.69, 9.17) is 0 Å². The number of hydrogen-bond acceptors (Lipinski definition) is 3. The van der Waals surface area contributed by atoms with Gasteiger partial charge in [-0.2, -0.15) is 0 Å². The molecule has 0 radical (unpaired) electrons. The molecule has 2 rings (SSSR count). The van der Waals surface area contributed by atoms with E-state index >= 15 is 0 Å². The minimum Gasteiger partial charge on any atom is -0.313 e. The highest BCUT2D eigenvalue weighted by atomic mass is 127. The van der Waals surface area contributed by atoms with Crippen LogP contribution >= 0.6 is 22.6 Å². The van der Waals surface area contributed by atoms with Crippen molar-refractivity contribution in [2.45, 2.75) is 12.5 Å². The molecule has 0 amide bonds. The number of nitrogens with zero attached hydrogens (tertiary/aromatic N) is 2. The number of nitrogens with one attached hydrogen (secondary N) is 1. The van der Waals surface area contributed by atoms with Crippen LogP contribution in [0.25, 0.3) is 0 Å². The first-order valence-corrected chi connectivity index (χ1v) is 6.55. The van der Waals surface area contributed by atoms with Crippen molar-refractivity contribution in [3.63, 3.8) is 0 Å². The number of rotatable bonds is 4. The average molecular weight is 339 g/mol. The van der Waals surface area contributed by atoms with Gasteiger partial charge in [-0.15, -0.1) is 0 Å². The maximum Gasteiger partial charge on any atom is 0.115 e. The summed E-state index contributed by atoms with van der Waals surface area (Å²) in [6.45, 7) is 0. The molecule has 0 aliphatic carbocycles. The second kappa shape index (κ2) is 6.07. The maximum atomic E-state index is 4.33. The molecule has 0 fully saturated rings. The third kappa shape index (κ3) is 3.23. The molecule has 0 aliphatic rings. The highest BCUT2D eigenvalue weighted by Gasteiger charge is 2.12. The molecule has 0 saturated carbocycles. The highest BCUT2D eigenvalue weighted by Crippen LogP contribution is 2.19. The van der Waals surface area contributed by atoms with Gasteiger partial charge in [0.05, 0.1) is 9.26 Å². The maximum absolute atomic E-state index is 4.33. The van der Waals surface area contributed by atoms with E-state index in [9.17, 15) is 0 Å². The van der Waals surface area contributed by atoms with Crippen molar-refractivity contribution in [2.75, 3.05) is 7.05 Å². The zero-order chi connectivity index (χ0) is 12.1. The topological polar surface area (TPSA) is 37.8 Å². The van der Waals surface area contributed by atoms with Gasteiger partial charge in [0.1, 0.15) is 6.33 Å². The summed E-state index contributed by atoms with van der Waals surface area (Å²) < 4.78 is 1.11. The van der Waals surface area contributed by atoms with E-state index in [2.05, 4.69) is 62.1 Å². The Morgan fingerprint density at radius 2 is 2.06 bits per heavy atom. The quantitative estimate of drug-likeness (QED) is 0.870. The second-order valence-corrected chi connectivity index (χ2v) is 4.94. The largest absolute Gasteiger partial charge is 0.313 e. The second-order valence-electron chi connectivity index (χ2n) is 3.77. The summed E-state index contributed by atoms with van der Waals surface area (Å²) >= 11 is 2.28. The summed E-state index contributed by atoms with van der Waals surface area (Å²) in [6.07, 6.45) is 4.33. The lowest BCUT2D eigenvalue weighted by Gasteiger charge is -2.16. The summed E-state index contributed by atoms with van der Waals surface area (Å²) in [5, 5.41) is 3.33. The molecule has 4 heteroatoms. The van der Waals surface area contributed by atoms with Gasteiger partial charge >= 0.3 is 0 Å². The van der Waals surface area contributed by atoms with E-state index in [-0.39, 0.29) is 0 Å². The normalized spacial score (nSPS) is 12.4. The van der Waals surface area contributed by atoms with Crippen molar-refractivity contribution in [1.29, 1.82) is 0 Å². The molecule has 88 valence electrons. The fourth-order valence-corrected chi connectivity index (χ4v) is 2.27. The fraction of sp³-hybridized carbons (Fsp3) is 0.231. The van der Waals surface area contributed by atoms with Crippen LogP contribution in [0.5, 0.6) is 0 Å². The van der Waals surface area contributed by atoms with Crippen molar-refractivity contribution in [3.05, 3.63) is 57.7 Å². The zero-order valence-corrected chi connectivity index (χ0v) is 11.8. The Labute approximate surface area is 115 Å². The van der Waals surface area contributed by atoms with Crippen LogP contribution in [0.4, 0.5) is 0 Å². The molecule has 1 aromatic carbocycles. The van der Waals surface area contributed by atoms with Gasteiger partial charge in [0, 0.05) is 18.7 Å². The monoisotopic (exact) mass is 339 g/mol. The lowest BCUT2D eigenvalue weighted by Crippen LogP contribution is -2.19. The molecule has 1 atom stereocenters. The van der Waals surface area contributed by atoms with Gasteiger partial charge in [0.25, 0.3) is 0 Å². The van der Waals surface area contributed by atoms with Crippen molar-refractivity contribution >= 4 is 22.6 Å². The summed E-state index contributed by atoms with van der Waals surface area (Å²) in [6, 6.07) is 10.7. The van der Waals surface area contributed by atoms with Crippen molar-refractivity contribution < 1.29 is 0 Å². The molecule has 0 aliphatic heterocycles. The van der Waals surface area contributed by atoms with Gasteiger partial charge in [-0.05, 0) is 35.2 Å². The first-order chi connectivity index (χ1) is 8.31. The van der Waals surface area contributed by atoms with Crippen LogP contribution < -0.4 is 5.32 Å². The number of benzene rings is 1. The van der Waals surface area contributed by atoms with Gasteiger partial charge in [0.2, 0.25) is 0 Å². The molecular formula is C13H14IN3. The van der Waals surface area contributed by atoms with Crippen molar-refractivity contribution in [3.8, 4) is 0 Å². The Hall–Kier alpha value is -1.01. The van der Waals surface area contributed by atoms with Gasteiger partial charge in [-0.25, -0.2) is 9.97 Å². The van der Waals surface area contributed by atoms with Crippen LogP contribution in [-0.2, 0) is 6.42 Å². The van der Waals surface area contributed by atoms with E-state index in [0.717, 1.165) is 15.7 Å². The molecule has 17 heavy (non-hydrogen) atoms. The zero-order valence-electron chi connectivity index (χ0n) is 9.60. The fourth-order valence-electron chi connectivity index (χ4n) is 1.75. The number of aromatic nitrogens is 2. The van der Waals surface area contributed by atoms with Crippen LogP contribution in [0.15, 0.2) is 42.9 Å². The first-order valence-electron chi connectivity index (χ1n) is 5.48. The van der Waals surface area contributed by atoms with E-state index in [0.29, 0.717) is 6.04 Å². The summed E-state index contributed by atoms with van der Waals surface area (Å²) in [7, 11) is 1.98. The van der Waals surface area contributed by atoms with Gasteiger partial charge in [0.15, 0.2) is 0 Å². The van der Waals surface area contributed by atoms with Crippen LogP contribution in [0.3, 0.4) is 0 Å².